The van der Waals surface area contributed by atoms with Crippen molar-refractivity contribution in [3.63, 3.8) is 0 Å². The number of para-hydroxylation sites is 2. The SMILES string of the molecule is COc1ccc(OC(=O)C[C@]2(O)c3ccccc3-n3c2nc2ccccc2c3=O)cc1. The Morgan fingerprint density at radius 1 is 1.00 bits per heavy atom. The normalized spacial score (nSPS) is 16.6. The van der Waals surface area contributed by atoms with Crippen LogP contribution >= 0.6 is 0 Å². The summed E-state index contributed by atoms with van der Waals surface area (Å²) < 4.78 is 11.9. The van der Waals surface area contributed by atoms with E-state index in [1.165, 1.54) is 4.57 Å². The van der Waals surface area contributed by atoms with Gasteiger partial charge in [-0.2, -0.15) is 0 Å². The van der Waals surface area contributed by atoms with E-state index < -0.39 is 18.0 Å². The third kappa shape index (κ3) is 2.98. The first-order valence-electron chi connectivity index (χ1n) is 9.70. The van der Waals surface area contributed by atoms with Crippen LogP contribution in [0.5, 0.6) is 11.5 Å². The molecule has 1 aromatic heterocycles. The van der Waals surface area contributed by atoms with E-state index in [2.05, 4.69) is 4.98 Å². The molecule has 0 spiro atoms. The Kier molecular flexibility index (Phi) is 4.34. The topological polar surface area (TPSA) is 90.7 Å². The van der Waals surface area contributed by atoms with Crippen LogP contribution in [-0.4, -0.2) is 27.7 Å². The number of esters is 1. The molecule has 2 heterocycles. The summed E-state index contributed by atoms with van der Waals surface area (Å²) >= 11 is 0. The lowest BCUT2D eigenvalue weighted by molar-refractivity contribution is -0.138. The summed E-state index contributed by atoms with van der Waals surface area (Å²) in [5, 5.41) is 12.1. The molecule has 1 N–H and O–H groups in total. The maximum atomic E-state index is 13.2. The zero-order valence-corrected chi connectivity index (χ0v) is 16.6. The van der Waals surface area contributed by atoms with Crippen molar-refractivity contribution in [1.82, 2.24) is 9.55 Å². The lowest BCUT2D eigenvalue weighted by Gasteiger charge is -2.22. The molecule has 3 aromatic carbocycles. The van der Waals surface area contributed by atoms with Gasteiger partial charge in [0.15, 0.2) is 11.4 Å². The second-order valence-electron chi connectivity index (χ2n) is 7.30. The minimum atomic E-state index is -1.80. The number of hydrogen-bond donors (Lipinski definition) is 1. The number of methoxy groups -OCH3 is 1. The lowest BCUT2D eigenvalue weighted by atomic mass is 9.91. The van der Waals surface area contributed by atoms with Gasteiger partial charge in [-0.15, -0.1) is 0 Å². The molecule has 0 saturated heterocycles. The summed E-state index contributed by atoms with van der Waals surface area (Å²) in [5.74, 6) is 0.402. The van der Waals surface area contributed by atoms with Crippen molar-refractivity contribution >= 4 is 16.9 Å². The molecule has 1 aliphatic rings. The fraction of sp³-hybridized carbons (Fsp3) is 0.125. The molecule has 1 atom stereocenters. The lowest BCUT2D eigenvalue weighted by Crippen LogP contribution is -2.33. The Morgan fingerprint density at radius 3 is 2.45 bits per heavy atom. The van der Waals surface area contributed by atoms with Crippen molar-refractivity contribution in [2.75, 3.05) is 7.11 Å². The van der Waals surface area contributed by atoms with Gasteiger partial charge in [0.25, 0.3) is 5.56 Å². The van der Waals surface area contributed by atoms with Gasteiger partial charge < -0.3 is 14.6 Å². The molecule has 0 radical (unpaired) electrons. The van der Waals surface area contributed by atoms with Crippen molar-refractivity contribution in [3.05, 3.63) is 94.5 Å². The van der Waals surface area contributed by atoms with Gasteiger partial charge in [-0.25, -0.2) is 4.98 Å². The van der Waals surface area contributed by atoms with Gasteiger partial charge in [0.1, 0.15) is 11.5 Å². The third-order valence-electron chi connectivity index (χ3n) is 5.43. The molecule has 0 fully saturated rings. The number of rotatable bonds is 4. The number of ether oxygens (including phenoxy) is 2. The predicted octanol–water partition coefficient (Wildman–Crippen LogP) is 2.94. The van der Waals surface area contributed by atoms with E-state index in [-0.39, 0.29) is 11.4 Å². The number of nitrogens with zero attached hydrogens (tertiary/aromatic N) is 2. The van der Waals surface area contributed by atoms with Crippen LogP contribution in [0.2, 0.25) is 0 Å². The molecule has 0 bridgehead atoms. The minimum Gasteiger partial charge on any atom is -0.497 e. The molecule has 5 rings (SSSR count). The average Bonchev–Trinajstić information content (AvgIpc) is 3.03. The number of benzene rings is 3. The predicted molar refractivity (Wildman–Crippen MR) is 114 cm³/mol. The third-order valence-corrected chi connectivity index (χ3v) is 5.43. The quantitative estimate of drug-likeness (QED) is 0.408. The summed E-state index contributed by atoms with van der Waals surface area (Å²) in [7, 11) is 1.55. The van der Waals surface area contributed by atoms with E-state index in [4.69, 9.17) is 9.47 Å². The number of carbonyl (C=O) groups is 1. The van der Waals surface area contributed by atoms with Gasteiger partial charge in [-0.05, 0) is 42.5 Å². The summed E-state index contributed by atoms with van der Waals surface area (Å²) in [6.07, 6.45) is -0.402. The highest BCUT2D eigenvalue weighted by atomic mass is 16.5. The van der Waals surface area contributed by atoms with Gasteiger partial charge >= 0.3 is 5.97 Å². The fourth-order valence-corrected chi connectivity index (χ4v) is 3.97. The van der Waals surface area contributed by atoms with Gasteiger partial charge in [0.05, 0.1) is 30.1 Å². The summed E-state index contributed by atoms with van der Waals surface area (Å²) in [6, 6.07) is 20.4. The maximum absolute atomic E-state index is 13.2. The van der Waals surface area contributed by atoms with Crippen LogP contribution in [0.4, 0.5) is 0 Å². The minimum absolute atomic E-state index is 0.101. The number of aromatic nitrogens is 2. The number of fused-ring (bicyclic) bond motifs is 4. The van der Waals surface area contributed by atoms with Crippen LogP contribution < -0.4 is 15.0 Å². The Morgan fingerprint density at radius 2 is 1.68 bits per heavy atom. The van der Waals surface area contributed by atoms with Crippen LogP contribution in [0.25, 0.3) is 16.6 Å². The molecule has 0 unspecified atom stereocenters. The van der Waals surface area contributed by atoms with Crippen molar-refractivity contribution in [2.24, 2.45) is 0 Å². The zero-order valence-electron chi connectivity index (χ0n) is 16.6. The van der Waals surface area contributed by atoms with E-state index in [0.29, 0.717) is 33.7 Å². The van der Waals surface area contributed by atoms with E-state index in [9.17, 15) is 14.7 Å². The molecule has 1 aliphatic heterocycles. The summed E-state index contributed by atoms with van der Waals surface area (Å²) in [6.45, 7) is 0. The smallest absolute Gasteiger partial charge is 0.314 e. The summed E-state index contributed by atoms with van der Waals surface area (Å²) in [5.41, 5.74) is -0.716. The average molecular weight is 414 g/mol. The first-order chi connectivity index (χ1) is 15.0. The Balaban J connectivity index is 1.58. The molecular weight excluding hydrogens is 396 g/mol. The molecule has 31 heavy (non-hydrogen) atoms. The highest BCUT2D eigenvalue weighted by Crippen LogP contribution is 2.42. The van der Waals surface area contributed by atoms with E-state index in [1.54, 1.807) is 79.9 Å². The van der Waals surface area contributed by atoms with Gasteiger partial charge in [0.2, 0.25) is 0 Å². The van der Waals surface area contributed by atoms with E-state index in [0.717, 1.165) is 0 Å². The van der Waals surface area contributed by atoms with Crippen LogP contribution in [0.15, 0.2) is 77.6 Å². The first kappa shape index (κ1) is 19.0. The van der Waals surface area contributed by atoms with Crippen LogP contribution in [-0.2, 0) is 10.4 Å². The second kappa shape index (κ2) is 7.07. The van der Waals surface area contributed by atoms with E-state index >= 15 is 0 Å². The zero-order chi connectivity index (χ0) is 21.6. The Bertz CT molecular complexity index is 1380. The van der Waals surface area contributed by atoms with Crippen molar-refractivity contribution in [2.45, 2.75) is 12.0 Å². The highest BCUT2D eigenvalue weighted by Gasteiger charge is 2.46. The van der Waals surface area contributed by atoms with Crippen molar-refractivity contribution < 1.29 is 19.4 Å². The van der Waals surface area contributed by atoms with Crippen molar-refractivity contribution in [1.29, 1.82) is 0 Å². The second-order valence-corrected chi connectivity index (χ2v) is 7.30. The number of carbonyl (C=O) groups excluding carboxylic acids is 1. The molecule has 7 heteroatoms. The van der Waals surface area contributed by atoms with Crippen LogP contribution in [0.1, 0.15) is 17.8 Å². The summed E-state index contributed by atoms with van der Waals surface area (Å²) in [4.78, 5) is 30.5. The molecule has 0 aliphatic carbocycles. The molecular formula is C24H18N2O5. The standard InChI is InChI=1S/C24H18N2O5/c1-30-15-10-12-16(13-11-15)31-21(27)14-24(29)18-7-3-5-9-20(18)26-22(28)17-6-2-4-8-19(17)25-23(24)26/h2-13,29H,14H2,1H3/t24-/m0/s1. The number of hydrogen-bond acceptors (Lipinski definition) is 6. The fourth-order valence-electron chi connectivity index (χ4n) is 3.97. The molecule has 0 amide bonds. The highest BCUT2D eigenvalue weighted by molar-refractivity contribution is 5.80. The van der Waals surface area contributed by atoms with Gasteiger partial charge in [0, 0.05) is 5.56 Å². The number of aliphatic hydroxyl groups is 1. The van der Waals surface area contributed by atoms with Gasteiger partial charge in [-0.3, -0.25) is 14.2 Å². The van der Waals surface area contributed by atoms with Crippen molar-refractivity contribution in [3.8, 4) is 17.2 Å². The van der Waals surface area contributed by atoms with E-state index in [1.807, 2.05) is 0 Å². The Hall–Kier alpha value is -3.97. The largest absolute Gasteiger partial charge is 0.497 e. The monoisotopic (exact) mass is 414 g/mol. The van der Waals surface area contributed by atoms with Crippen LogP contribution in [0.3, 0.4) is 0 Å². The van der Waals surface area contributed by atoms with Crippen LogP contribution in [0, 0.1) is 0 Å². The first-order valence-corrected chi connectivity index (χ1v) is 9.70. The molecule has 7 nitrogen and oxygen atoms in total. The van der Waals surface area contributed by atoms with Gasteiger partial charge in [-0.1, -0.05) is 30.3 Å². The molecule has 0 saturated carbocycles. The molecule has 154 valence electrons. The molecule has 4 aromatic rings. The Labute approximate surface area is 177 Å². The maximum Gasteiger partial charge on any atom is 0.314 e.